The molecule has 7 heteroatoms. The third-order valence-corrected chi connectivity index (χ3v) is 4.13. The van der Waals surface area contributed by atoms with Crippen LogP contribution in [0.5, 0.6) is 0 Å². The lowest BCUT2D eigenvalue weighted by molar-refractivity contribution is -0.140. The molecule has 2 aromatic heterocycles. The van der Waals surface area contributed by atoms with Crippen molar-refractivity contribution in [2.75, 3.05) is 18.5 Å². The quantitative estimate of drug-likeness (QED) is 0.636. The molecule has 24 heavy (non-hydrogen) atoms. The highest BCUT2D eigenvalue weighted by molar-refractivity contribution is 9.10. The lowest BCUT2D eigenvalue weighted by atomic mass is 10.1. The Balaban J connectivity index is 2.05. The first-order valence-electron chi connectivity index (χ1n) is 7.41. The fraction of sp³-hybridized carbons (Fsp3) is 0.176. The van der Waals surface area contributed by atoms with Crippen LogP contribution in [-0.2, 0) is 9.53 Å². The average Bonchev–Trinajstić information content (AvgIpc) is 2.91. The van der Waals surface area contributed by atoms with Crippen LogP contribution in [0.25, 0.3) is 16.9 Å². The number of ether oxygens (including phenoxy) is 1. The molecule has 0 bridgehead atoms. The van der Waals surface area contributed by atoms with Gasteiger partial charge in [0.2, 0.25) is 0 Å². The van der Waals surface area contributed by atoms with Crippen LogP contribution in [0, 0.1) is 0 Å². The second-order valence-electron chi connectivity index (χ2n) is 5.05. The van der Waals surface area contributed by atoms with Gasteiger partial charge in [-0.3, -0.25) is 9.20 Å². The zero-order valence-electron chi connectivity index (χ0n) is 12.9. The number of fused-ring (bicyclic) bond motifs is 1. The van der Waals surface area contributed by atoms with Crippen LogP contribution in [0.3, 0.4) is 0 Å². The molecule has 0 radical (unpaired) electrons. The van der Waals surface area contributed by atoms with Crippen LogP contribution in [0.1, 0.15) is 6.92 Å². The Morgan fingerprint density at radius 2 is 2.04 bits per heavy atom. The normalized spacial score (nSPS) is 10.8. The van der Waals surface area contributed by atoms with Gasteiger partial charge >= 0.3 is 5.97 Å². The number of anilines is 1. The SMILES string of the molecule is CCOC(=O)CNc1c(-c2ccc(Cl)cc2)nc2ccc(Br)cn12. The molecule has 0 spiro atoms. The summed E-state index contributed by atoms with van der Waals surface area (Å²) in [5, 5.41) is 3.79. The Kier molecular flexibility index (Phi) is 5.06. The summed E-state index contributed by atoms with van der Waals surface area (Å²) in [7, 11) is 0. The van der Waals surface area contributed by atoms with Crippen molar-refractivity contribution in [1.82, 2.24) is 9.38 Å². The van der Waals surface area contributed by atoms with Gasteiger partial charge in [-0.2, -0.15) is 0 Å². The molecular weight excluding hydrogens is 394 g/mol. The number of esters is 1. The minimum absolute atomic E-state index is 0.0642. The van der Waals surface area contributed by atoms with E-state index >= 15 is 0 Å². The van der Waals surface area contributed by atoms with Gasteiger partial charge in [0.15, 0.2) is 0 Å². The van der Waals surface area contributed by atoms with Crippen molar-refractivity contribution in [3.8, 4) is 11.3 Å². The van der Waals surface area contributed by atoms with Gasteiger partial charge < -0.3 is 10.1 Å². The molecule has 0 aliphatic carbocycles. The van der Waals surface area contributed by atoms with Crippen molar-refractivity contribution in [2.45, 2.75) is 6.92 Å². The summed E-state index contributed by atoms with van der Waals surface area (Å²) in [5.74, 6) is 0.408. The van der Waals surface area contributed by atoms with Crippen LogP contribution in [0.4, 0.5) is 5.82 Å². The van der Waals surface area contributed by atoms with E-state index in [0.717, 1.165) is 27.2 Å². The number of aromatic nitrogens is 2. The molecule has 124 valence electrons. The molecule has 1 aromatic carbocycles. The fourth-order valence-corrected chi connectivity index (χ4v) is 2.83. The van der Waals surface area contributed by atoms with Crippen LogP contribution < -0.4 is 5.32 Å². The summed E-state index contributed by atoms with van der Waals surface area (Å²) < 4.78 is 7.79. The molecule has 0 amide bonds. The maximum atomic E-state index is 11.7. The van der Waals surface area contributed by atoms with Crippen LogP contribution in [0.15, 0.2) is 47.1 Å². The number of hydrogen-bond acceptors (Lipinski definition) is 4. The van der Waals surface area contributed by atoms with Gasteiger partial charge in [0.05, 0.1) is 6.61 Å². The summed E-state index contributed by atoms with van der Waals surface area (Å²) in [5.41, 5.74) is 2.43. The lowest BCUT2D eigenvalue weighted by Crippen LogP contribution is -2.17. The van der Waals surface area contributed by atoms with E-state index in [-0.39, 0.29) is 12.5 Å². The fourth-order valence-electron chi connectivity index (χ4n) is 2.36. The van der Waals surface area contributed by atoms with Crippen molar-refractivity contribution in [2.24, 2.45) is 0 Å². The van der Waals surface area contributed by atoms with Crippen molar-refractivity contribution in [3.05, 3.63) is 52.1 Å². The predicted molar refractivity (Wildman–Crippen MR) is 98.5 cm³/mol. The number of rotatable bonds is 5. The first-order valence-corrected chi connectivity index (χ1v) is 8.58. The predicted octanol–water partition coefficient (Wildman–Crippen LogP) is 4.39. The van der Waals surface area contributed by atoms with E-state index in [9.17, 15) is 4.79 Å². The number of carbonyl (C=O) groups excluding carboxylic acids is 1. The maximum Gasteiger partial charge on any atom is 0.325 e. The van der Waals surface area contributed by atoms with E-state index in [1.165, 1.54) is 0 Å². The smallest absolute Gasteiger partial charge is 0.325 e. The van der Waals surface area contributed by atoms with E-state index in [4.69, 9.17) is 16.3 Å². The van der Waals surface area contributed by atoms with E-state index in [0.29, 0.717) is 11.6 Å². The summed E-state index contributed by atoms with van der Waals surface area (Å²) in [6.07, 6.45) is 1.90. The molecule has 0 saturated heterocycles. The molecular formula is C17H15BrClN3O2. The standard InChI is InChI=1S/C17H15BrClN3O2/c1-2-24-15(23)9-20-17-16(11-3-6-13(19)7-4-11)21-14-8-5-12(18)10-22(14)17/h3-8,10,20H,2,9H2,1H3. The zero-order chi connectivity index (χ0) is 17.1. The molecule has 0 aliphatic heterocycles. The number of hydrogen-bond donors (Lipinski definition) is 1. The lowest BCUT2D eigenvalue weighted by Gasteiger charge is -2.09. The Labute approximate surface area is 152 Å². The second-order valence-corrected chi connectivity index (χ2v) is 6.40. The highest BCUT2D eigenvalue weighted by Gasteiger charge is 2.15. The summed E-state index contributed by atoms with van der Waals surface area (Å²) >= 11 is 9.43. The number of benzene rings is 1. The Morgan fingerprint density at radius 3 is 2.75 bits per heavy atom. The first kappa shape index (κ1) is 16.8. The van der Waals surface area contributed by atoms with Crippen LogP contribution in [0.2, 0.25) is 5.02 Å². The third kappa shape index (κ3) is 3.55. The molecule has 3 aromatic rings. The van der Waals surface area contributed by atoms with Gasteiger partial charge in [-0.25, -0.2) is 4.98 Å². The Morgan fingerprint density at radius 1 is 1.29 bits per heavy atom. The summed E-state index contributed by atoms with van der Waals surface area (Å²) in [6, 6.07) is 11.2. The number of nitrogens with one attached hydrogen (secondary N) is 1. The van der Waals surface area contributed by atoms with Crippen molar-refractivity contribution < 1.29 is 9.53 Å². The van der Waals surface area contributed by atoms with Crippen molar-refractivity contribution >= 4 is 45.0 Å². The topological polar surface area (TPSA) is 55.6 Å². The molecule has 0 saturated carbocycles. The monoisotopic (exact) mass is 407 g/mol. The number of halogens is 2. The van der Waals surface area contributed by atoms with E-state index in [2.05, 4.69) is 26.2 Å². The minimum Gasteiger partial charge on any atom is -0.465 e. The average molecular weight is 409 g/mol. The largest absolute Gasteiger partial charge is 0.465 e. The summed E-state index contributed by atoms with van der Waals surface area (Å²) in [4.78, 5) is 16.4. The maximum absolute atomic E-state index is 11.7. The first-order chi connectivity index (χ1) is 11.6. The van der Waals surface area contributed by atoms with Crippen molar-refractivity contribution in [1.29, 1.82) is 0 Å². The Bertz CT molecular complexity index is 877. The number of nitrogens with zero attached hydrogens (tertiary/aromatic N) is 2. The molecule has 0 atom stereocenters. The molecule has 2 heterocycles. The van der Waals surface area contributed by atoms with Gasteiger partial charge in [-0.15, -0.1) is 0 Å². The van der Waals surface area contributed by atoms with Gasteiger partial charge in [0, 0.05) is 21.3 Å². The van der Waals surface area contributed by atoms with Crippen LogP contribution >= 0.6 is 27.5 Å². The number of carbonyl (C=O) groups is 1. The second kappa shape index (κ2) is 7.23. The van der Waals surface area contributed by atoms with E-state index in [1.54, 1.807) is 6.92 Å². The number of imidazole rings is 1. The van der Waals surface area contributed by atoms with Crippen molar-refractivity contribution in [3.63, 3.8) is 0 Å². The van der Waals surface area contributed by atoms with Crippen LogP contribution in [-0.4, -0.2) is 28.5 Å². The van der Waals surface area contributed by atoms with Gasteiger partial charge in [0.25, 0.3) is 0 Å². The minimum atomic E-state index is -0.315. The van der Waals surface area contributed by atoms with Gasteiger partial charge in [-0.1, -0.05) is 23.7 Å². The highest BCUT2D eigenvalue weighted by atomic mass is 79.9. The summed E-state index contributed by atoms with van der Waals surface area (Å²) in [6.45, 7) is 2.19. The molecule has 0 fully saturated rings. The molecule has 0 unspecified atom stereocenters. The zero-order valence-corrected chi connectivity index (χ0v) is 15.3. The van der Waals surface area contributed by atoms with Gasteiger partial charge in [-0.05, 0) is 47.1 Å². The Hall–Kier alpha value is -2.05. The molecule has 5 nitrogen and oxygen atoms in total. The third-order valence-electron chi connectivity index (χ3n) is 3.41. The van der Waals surface area contributed by atoms with E-state index < -0.39 is 0 Å². The molecule has 0 aliphatic rings. The number of pyridine rings is 1. The highest BCUT2D eigenvalue weighted by Crippen LogP contribution is 2.30. The van der Waals surface area contributed by atoms with E-state index in [1.807, 2.05) is 47.0 Å². The molecule has 1 N–H and O–H groups in total. The van der Waals surface area contributed by atoms with Gasteiger partial charge in [0.1, 0.15) is 23.7 Å². The molecule has 3 rings (SSSR count).